The average Bonchev–Trinajstić information content (AvgIpc) is 0.894. The summed E-state index contributed by atoms with van der Waals surface area (Å²) < 4.78 is 6.02. The number of likely N-dealkylation sites (N-methyl/N-ethyl adjacent to an activating group) is 3. The van der Waals surface area contributed by atoms with Crippen molar-refractivity contribution >= 4 is 29.2 Å². The molecule has 115 heavy (non-hydrogen) atoms. The molecule has 0 saturated heterocycles. The third kappa shape index (κ3) is 101. The van der Waals surface area contributed by atoms with Gasteiger partial charge in [-0.05, 0) is 199 Å². The number of ketones is 2. The molecule has 0 aromatic heterocycles. The van der Waals surface area contributed by atoms with Gasteiger partial charge >= 0.3 is 5.97 Å². The van der Waals surface area contributed by atoms with Crippen LogP contribution in [0, 0.1) is 0 Å². The molecule has 31 nitrogen and oxygen atoms in total. The number of rotatable bonds is 47. The van der Waals surface area contributed by atoms with Crippen molar-refractivity contribution in [3.63, 3.8) is 0 Å². The highest BCUT2D eigenvalue weighted by Crippen LogP contribution is 2.12. The molecule has 0 radical (unpaired) electrons. The van der Waals surface area contributed by atoms with Gasteiger partial charge < -0.3 is 142 Å². The first-order valence-electron chi connectivity index (χ1n) is 41.4. The second-order valence-electron chi connectivity index (χ2n) is 28.1. The third-order valence-electron chi connectivity index (χ3n) is 16.0. The Balaban J connectivity index is -0.000000156. The van der Waals surface area contributed by atoms with Crippen molar-refractivity contribution < 1.29 is 85.5 Å². The maximum atomic E-state index is 11.6. The van der Waals surface area contributed by atoms with E-state index < -0.39 is 30.0 Å². The van der Waals surface area contributed by atoms with Gasteiger partial charge in [0.25, 0.3) is 0 Å². The van der Waals surface area contributed by atoms with Crippen LogP contribution in [0.3, 0.4) is 0 Å². The second kappa shape index (κ2) is 95.8. The lowest BCUT2D eigenvalue weighted by Gasteiger charge is -2.25. The minimum Gasteiger partial charge on any atom is -0.461 e. The van der Waals surface area contributed by atoms with Crippen LogP contribution in [0.25, 0.3) is 0 Å². The van der Waals surface area contributed by atoms with E-state index in [0.717, 1.165) is 108 Å². The molecule has 3 aromatic carbocycles. The molecular formula is C84H178N16O15+2. The Labute approximate surface area is 697 Å². The molecule has 0 saturated carbocycles. The summed E-state index contributed by atoms with van der Waals surface area (Å²) in [5.41, 5.74) is 43.4. The molecule has 0 fully saturated rings. The van der Waals surface area contributed by atoms with Crippen molar-refractivity contribution in [3.05, 3.63) is 102 Å². The van der Waals surface area contributed by atoms with E-state index in [0.29, 0.717) is 63.3 Å². The number of carbonyl (C=O) groups is 3. The number of Topliss-reactive ketones (excluding diaryl/α,β-unsaturated/α-hetero) is 2. The molecule has 0 amide bonds. The lowest BCUT2D eigenvalue weighted by atomic mass is 9.99. The number of esters is 1. The third-order valence-corrected chi connectivity index (χ3v) is 16.0. The molecule has 0 aliphatic heterocycles. The van der Waals surface area contributed by atoms with Gasteiger partial charge in [0.2, 0.25) is 0 Å². The molecule has 31 heteroatoms. The topological polar surface area (TPSA) is 551 Å². The van der Waals surface area contributed by atoms with Crippen molar-refractivity contribution in [1.29, 1.82) is 0 Å². The number of hydrogen-bond donors (Lipinski definition) is 22. The lowest BCUT2D eigenvalue weighted by molar-refractivity contribution is -0.870. The number of nitrogens with two attached hydrogens (primary N) is 7. The standard InChI is InChI=1S/C17H21N.C13H20N2O2.C9H20O4.C7H16N4O.C7H16N2O.C7H17N.C5H14NO.C4H11NO3.C4H11NO2.C4H11NO.C4H11N.C3H9N/c1-3-9-16(10-4-1)11-7-8-14-18-15-17-12-5-2-6-13-17;1-3-15(4-2)9-10-17-13(16)11-5-7-12(14)8-6-11;1-3-5-7(11)9(13)8(12)6(10)4-2;1-5(12)6(8)3-2-4-11-7(9)10;1-6(10)7(9)4-2-3-5-8;1-4-7-8(5-2)6-3;1-6(2,3)4-5-7;5-4(1-6,2-7)3-8;6-3-1-5-2-4-7;1-5(2)3-4-6;1-3-5-4-2;1-2-3-4/h1-6,9-10,12-13,18H,7-8,11,14-15H2;5-8H,3-4,9-10,14H2,1-2H3;6-13H,3-5H2,1-2H3;6H,2-4,8H2,1H3,(H4,9,10,11);7H,2-5,8-9H2,1H3;4-7H2,1-3H3;7H,4-5H2,1-3H3;6-8H,1-3,5H2;5-7H,1-4H2;6H,3-4H2,1-2H3;5H,3-4H2,1-2H3;2-4H2,1H3/q;;;;;;+1;;;;;/p+1/t;;6-,7+,8-,9-;6-;7-;;;;;;;/m..100......./s1. The number of carbonyl (C=O) groups excluding carboxylic acids is 3. The van der Waals surface area contributed by atoms with E-state index in [1.165, 1.54) is 70.3 Å². The van der Waals surface area contributed by atoms with Crippen molar-refractivity contribution in [2.45, 2.75) is 215 Å². The number of aliphatic imine (C=N–C) groups is 1. The summed E-state index contributed by atoms with van der Waals surface area (Å²) in [5, 5.41) is 105. The number of guanidine groups is 1. The number of nitrogens with one attached hydrogen (secondary N) is 3. The number of aliphatic hydroxyl groups is 11. The van der Waals surface area contributed by atoms with E-state index in [1.54, 1.807) is 31.2 Å². The molecule has 0 heterocycles. The summed E-state index contributed by atoms with van der Waals surface area (Å²) in [4.78, 5) is 43.2. The van der Waals surface area contributed by atoms with Crippen molar-refractivity contribution in [2.24, 2.45) is 39.4 Å². The van der Waals surface area contributed by atoms with Crippen molar-refractivity contribution in [1.82, 2.24) is 30.7 Å². The van der Waals surface area contributed by atoms with Crippen LogP contribution in [0.5, 0.6) is 0 Å². The molecule has 0 spiro atoms. The fourth-order valence-electron chi connectivity index (χ4n) is 8.20. The zero-order valence-corrected chi connectivity index (χ0v) is 75.0. The van der Waals surface area contributed by atoms with E-state index in [2.05, 4.69) is 174 Å². The highest BCUT2D eigenvalue weighted by atomic mass is 16.5. The monoisotopic (exact) mass is 1650 g/mol. The Morgan fingerprint density at radius 2 is 1.00 bits per heavy atom. The van der Waals surface area contributed by atoms with Crippen LogP contribution in [0.1, 0.15) is 182 Å². The molecule has 6 atom stereocenters. The fourth-order valence-corrected chi connectivity index (χ4v) is 8.20. The summed E-state index contributed by atoms with van der Waals surface area (Å²) in [6.45, 7) is 39.4. The van der Waals surface area contributed by atoms with Crippen molar-refractivity contribution in [3.8, 4) is 0 Å². The van der Waals surface area contributed by atoms with Gasteiger partial charge in [-0.2, -0.15) is 0 Å². The van der Waals surface area contributed by atoms with Gasteiger partial charge in [0.15, 0.2) is 11.5 Å². The van der Waals surface area contributed by atoms with Crippen LogP contribution in [0.15, 0.2) is 89.9 Å². The molecule has 682 valence electrons. The zero-order chi connectivity index (χ0) is 90.1. The van der Waals surface area contributed by atoms with E-state index >= 15 is 0 Å². The summed E-state index contributed by atoms with van der Waals surface area (Å²) in [6.07, 6.45) is 7.18. The minimum absolute atomic E-state index is 0.000278. The number of ether oxygens (including phenoxy) is 1. The zero-order valence-electron chi connectivity index (χ0n) is 75.0. The number of hydrogen-bond acceptors (Lipinski definition) is 27. The Morgan fingerprint density at radius 1 is 0.539 bits per heavy atom. The lowest BCUT2D eigenvalue weighted by Crippen LogP contribution is -2.78. The first-order valence-corrected chi connectivity index (χ1v) is 41.4. The van der Waals surface area contributed by atoms with Crippen LogP contribution in [0.4, 0.5) is 5.69 Å². The number of nitrogen functional groups attached to an aromatic ring is 1. The first kappa shape index (κ1) is 128. The number of benzene rings is 3. The van der Waals surface area contributed by atoms with E-state index in [1.807, 2.05) is 25.9 Å². The molecule has 0 aliphatic carbocycles. The number of aryl methyl sites for hydroxylation is 1. The minimum atomic E-state index is -1.26. The first-order chi connectivity index (χ1) is 54.5. The number of aliphatic hydroxyl groups excluding tert-OH is 11. The summed E-state index contributed by atoms with van der Waals surface area (Å²) in [5.74, 6) is -0.153. The Bertz CT molecular complexity index is 2380. The summed E-state index contributed by atoms with van der Waals surface area (Å²) >= 11 is 0. The van der Waals surface area contributed by atoms with Gasteiger partial charge in [-0.15, -0.1) is 0 Å². The number of unbranched alkanes of at least 4 members (excludes halogenated alkanes) is 2. The molecule has 0 aliphatic rings. The Hall–Kier alpha value is -5.38. The predicted molar refractivity (Wildman–Crippen MR) is 477 cm³/mol. The molecule has 31 N–H and O–H groups in total. The highest BCUT2D eigenvalue weighted by Gasteiger charge is 2.29. The van der Waals surface area contributed by atoms with Gasteiger partial charge in [-0.1, -0.05) is 143 Å². The van der Waals surface area contributed by atoms with E-state index in [-0.39, 0.29) is 81.8 Å². The van der Waals surface area contributed by atoms with Crippen LogP contribution in [-0.2, 0) is 27.3 Å². The van der Waals surface area contributed by atoms with Gasteiger partial charge in [-0.25, -0.2) is 4.79 Å². The average molecular weight is 1650 g/mol. The van der Waals surface area contributed by atoms with Crippen molar-refractivity contribution in [2.75, 3.05) is 199 Å². The number of quaternary nitrogens is 2. The largest absolute Gasteiger partial charge is 0.461 e. The molecule has 3 rings (SSSR count). The van der Waals surface area contributed by atoms with Crippen LogP contribution in [-0.4, -0.2) is 334 Å². The fraction of sp³-hybridized carbons (Fsp3) is 0.738. The summed E-state index contributed by atoms with van der Waals surface area (Å²) in [7, 11) is 10.0. The normalized spacial score (nSPS) is 12.0. The molecule has 0 bridgehead atoms. The Morgan fingerprint density at radius 3 is 1.32 bits per heavy atom. The van der Waals surface area contributed by atoms with Gasteiger partial charge in [-0.3, -0.25) is 14.6 Å². The number of anilines is 1. The highest BCUT2D eigenvalue weighted by molar-refractivity contribution is 5.89. The SMILES string of the molecule is CC(=O)[C@@H](N)CCCCN.CC(=O)[C@@H](N)CCCN=C(N)N.CCCN.CCCN(CC)CC.CCC[C@H](O)[C@@H](O)[C@H](O)[C@H](O)CC.CCN(CC)CCOC(=O)c1ccc(N)cc1.CCNCC.CN(C)CCO.C[N+](C)(C)CCO.OCCNCCO.[NH3+]C(CO)(CO)CO.c1ccc(CCCCNCc2ccccc2)cc1. The molecule has 3 aromatic rings. The maximum Gasteiger partial charge on any atom is 0.338 e. The predicted octanol–water partition coefficient (Wildman–Crippen LogP) is 1.63. The Kier molecular flexibility index (Phi) is 106. The molecule has 0 unspecified atom stereocenters. The smallest absolute Gasteiger partial charge is 0.338 e. The van der Waals surface area contributed by atoms with E-state index in [9.17, 15) is 34.8 Å². The quantitative estimate of drug-likeness (QED) is 0.00954. The van der Waals surface area contributed by atoms with Crippen LogP contribution in [0.2, 0.25) is 0 Å². The second-order valence-corrected chi connectivity index (χ2v) is 28.1. The maximum absolute atomic E-state index is 11.6. The summed E-state index contributed by atoms with van der Waals surface area (Å²) in [6, 6.07) is 27.4. The van der Waals surface area contributed by atoms with E-state index in [4.69, 9.17) is 80.6 Å². The molecular weight excluding hydrogens is 1470 g/mol. The number of nitrogens with zero attached hydrogens (tertiary/aromatic N) is 5. The van der Waals surface area contributed by atoms with Crippen LogP contribution < -0.4 is 61.8 Å². The van der Waals surface area contributed by atoms with Gasteiger partial charge in [0, 0.05) is 45.0 Å². The van der Waals surface area contributed by atoms with Gasteiger partial charge in [0.1, 0.15) is 56.7 Å². The van der Waals surface area contributed by atoms with Crippen LogP contribution >= 0.6 is 0 Å². The van der Waals surface area contributed by atoms with Gasteiger partial charge in [0.05, 0.1) is 77.4 Å².